The van der Waals surface area contributed by atoms with E-state index in [4.69, 9.17) is 4.74 Å². The Morgan fingerprint density at radius 3 is 2.10 bits per heavy atom. The Balaban J connectivity index is 1.66. The molecule has 160 valence electrons. The highest BCUT2D eigenvalue weighted by Crippen LogP contribution is 2.25. The predicted molar refractivity (Wildman–Crippen MR) is 125 cm³/mol. The van der Waals surface area contributed by atoms with Crippen LogP contribution >= 0.6 is 0 Å². The average Bonchev–Trinajstić information content (AvgIpc) is 2.81. The molecule has 3 aromatic rings. The Morgan fingerprint density at radius 2 is 1.39 bits per heavy atom. The number of esters is 1. The summed E-state index contributed by atoms with van der Waals surface area (Å²) >= 11 is 0. The van der Waals surface area contributed by atoms with E-state index < -0.39 is 0 Å². The van der Waals surface area contributed by atoms with E-state index in [1.54, 1.807) is 6.07 Å². The number of benzene rings is 3. The van der Waals surface area contributed by atoms with E-state index in [-0.39, 0.29) is 11.8 Å². The Kier molecular flexibility index (Phi) is 8.17. The van der Waals surface area contributed by atoms with Crippen LogP contribution in [0.2, 0.25) is 0 Å². The molecule has 0 heterocycles. The molecule has 0 spiro atoms. The van der Waals surface area contributed by atoms with E-state index in [1.165, 1.54) is 12.8 Å². The quantitative estimate of drug-likeness (QED) is 0.205. The van der Waals surface area contributed by atoms with Gasteiger partial charge in [-0.15, -0.1) is 0 Å². The van der Waals surface area contributed by atoms with E-state index in [1.807, 2.05) is 72.8 Å². The maximum absolute atomic E-state index is 12.7. The molecule has 0 aliphatic heterocycles. The molecule has 3 aromatic carbocycles. The van der Waals surface area contributed by atoms with Crippen LogP contribution in [0.5, 0.6) is 0 Å². The summed E-state index contributed by atoms with van der Waals surface area (Å²) in [4.78, 5) is 25.3. The Labute approximate surface area is 185 Å². The lowest BCUT2D eigenvalue weighted by atomic mass is 9.96. The first-order valence-electron chi connectivity index (χ1n) is 11.0. The van der Waals surface area contributed by atoms with E-state index in [9.17, 15) is 9.59 Å². The molecule has 0 bridgehead atoms. The molecule has 0 saturated heterocycles. The highest BCUT2D eigenvalue weighted by molar-refractivity contribution is 6.09. The maximum Gasteiger partial charge on any atom is 0.338 e. The van der Waals surface area contributed by atoms with Gasteiger partial charge in [-0.25, -0.2) is 4.79 Å². The van der Waals surface area contributed by atoms with Crippen molar-refractivity contribution in [1.29, 1.82) is 0 Å². The van der Waals surface area contributed by atoms with Crippen LogP contribution in [-0.2, 0) is 4.74 Å². The molecular weight excluding hydrogens is 384 g/mol. The van der Waals surface area contributed by atoms with E-state index >= 15 is 0 Å². The van der Waals surface area contributed by atoms with Crippen molar-refractivity contribution in [3.05, 3.63) is 95.6 Å². The third-order valence-electron chi connectivity index (χ3n) is 5.30. The fourth-order valence-corrected chi connectivity index (χ4v) is 3.54. The zero-order chi connectivity index (χ0) is 22.1. The molecule has 0 unspecified atom stereocenters. The van der Waals surface area contributed by atoms with Crippen molar-refractivity contribution in [1.82, 2.24) is 0 Å². The van der Waals surface area contributed by atoms with E-state index in [0.29, 0.717) is 29.2 Å². The molecule has 3 rings (SSSR count). The fourth-order valence-electron chi connectivity index (χ4n) is 3.54. The van der Waals surface area contributed by atoms with Crippen LogP contribution in [0, 0.1) is 5.92 Å². The molecule has 0 saturated carbocycles. The van der Waals surface area contributed by atoms with Crippen LogP contribution in [0.25, 0.3) is 11.1 Å². The van der Waals surface area contributed by atoms with Gasteiger partial charge in [-0.3, -0.25) is 4.79 Å². The average molecular weight is 415 g/mol. The minimum atomic E-state index is -0.302. The second-order valence-electron chi connectivity index (χ2n) is 8.20. The van der Waals surface area contributed by atoms with Crippen LogP contribution in [0.4, 0.5) is 0 Å². The molecule has 3 heteroatoms. The highest BCUT2D eigenvalue weighted by atomic mass is 16.5. The van der Waals surface area contributed by atoms with Crippen LogP contribution < -0.4 is 0 Å². The minimum Gasteiger partial charge on any atom is -0.462 e. The van der Waals surface area contributed by atoms with Gasteiger partial charge in [0.25, 0.3) is 0 Å². The summed E-state index contributed by atoms with van der Waals surface area (Å²) in [5, 5.41) is 0. The van der Waals surface area contributed by atoms with E-state index in [2.05, 4.69) is 13.8 Å². The van der Waals surface area contributed by atoms with Gasteiger partial charge in [-0.2, -0.15) is 0 Å². The van der Waals surface area contributed by atoms with Gasteiger partial charge in [-0.05, 0) is 29.5 Å². The molecule has 31 heavy (non-hydrogen) atoms. The summed E-state index contributed by atoms with van der Waals surface area (Å²) in [6.45, 7) is 4.89. The summed E-state index contributed by atoms with van der Waals surface area (Å²) in [6, 6.07) is 24.0. The number of carbonyl (C=O) groups excluding carboxylic acids is 2. The molecule has 0 aliphatic carbocycles. The third-order valence-corrected chi connectivity index (χ3v) is 5.30. The van der Waals surface area contributed by atoms with Gasteiger partial charge in [0.05, 0.1) is 12.2 Å². The third kappa shape index (κ3) is 6.39. The lowest BCUT2D eigenvalue weighted by Crippen LogP contribution is -2.08. The molecule has 0 radical (unpaired) electrons. The Hall–Kier alpha value is -3.20. The predicted octanol–water partition coefficient (Wildman–Crippen LogP) is 6.96. The van der Waals surface area contributed by atoms with Crippen molar-refractivity contribution in [3.8, 4) is 11.1 Å². The van der Waals surface area contributed by atoms with Crippen molar-refractivity contribution in [2.24, 2.45) is 5.92 Å². The van der Waals surface area contributed by atoms with Crippen molar-refractivity contribution in [3.63, 3.8) is 0 Å². The molecule has 3 nitrogen and oxygen atoms in total. The standard InChI is InChI=1S/C28H30O3/c1-21(2)11-5-4-10-20-31-28(30)26-15-9-8-14-25(26)22-16-18-24(19-17-22)27(29)23-12-6-3-7-13-23/h3,6-9,12-19,21H,4-5,10-11,20H2,1-2H3. The molecule has 0 fully saturated rings. The Morgan fingerprint density at radius 1 is 0.742 bits per heavy atom. The number of ether oxygens (including phenoxy) is 1. The number of rotatable bonds is 10. The molecule has 0 aliphatic rings. The van der Waals surface area contributed by atoms with Gasteiger partial charge in [0.2, 0.25) is 0 Å². The first-order valence-corrected chi connectivity index (χ1v) is 11.0. The number of carbonyl (C=O) groups is 2. The first kappa shape index (κ1) is 22.5. The zero-order valence-electron chi connectivity index (χ0n) is 18.3. The number of ketones is 1. The molecular formula is C28H30O3. The number of hydrogen-bond donors (Lipinski definition) is 0. The van der Waals surface area contributed by atoms with Crippen molar-refractivity contribution >= 4 is 11.8 Å². The van der Waals surface area contributed by atoms with Gasteiger partial charge >= 0.3 is 5.97 Å². The normalized spacial score (nSPS) is 10.8. The topological polar surface area (TPSA) is 43.4 Å². The fraction of sp³-hybridized carbons (Fsp3) is 0.286. The lowest BCUT2D eigenvalue weighted by molar-refractivity contribution is 0.0498. The largest absolute Gasteiger partial charge is 0.462 e. The summed E-state index contributed by atoms with van der Waals surface area (Å²) < 4.78 is 5.52. The van der Waals surface area contributed by atoms with Gasteiger partial charge in [0, 0.05) is 11.1 Å². The summed E-state index contributed by atoms with van der Waals surface area (Å²) in [5.74, 6) is 0.394. The van der Waals surface area contributed by atoms with Gasteiger partial charge in [-0.1, -0.05) is 106 Å². The molecule has 0 amide bonds. The second kappa shape index (κ2) is 11.3. The Bertz CT molecular complexity index is 988. The van der Waals surface area contributed by atoms with Crippen molar-refractivity contribution < 1.29 is 14.3 Å². The van der Waals surface area contributed by atoms with Gasteiger partial charge in [0.1, 0.15) is 0 Å². The SMILES string of the molecule is CC(C)CCCCCOC(=O)c1ccccc1-c1ccc(C(=O)c2ccccc2)cc1. The van der Waals surface area contributed by atoms with Gasteiger partial charge < -0.3 is 4.74 Å². The zero-order valence-corrected chi connectivity index (χ0v) is 18.3. The smallest absolute Gasteiger partial charge is 0.338 e. The highest BCUT2D eigenvalue weighted by Gasteiger charge is 2.15. The molecule has 0 N–H and O–H groups in total. The summed E-state index contributed by atoms with van der Waals surface area (Å²) in [7, 11) is 0. The van der Waals surface area contributed by atoms with E-state index in [0.717, 1.165) is 24.0 Å². The van der Waals surface area contributed by atoms with Crippen LogP contribution in [0.1, 0.15) is 65.8 Å². The molecule has 0 atom stereocenters. The van der Waals surface area contributed by atoms with Crippen molar-refractivity contribution in [2.75, 3.05) is 6.61 Å². The number of hydrogen-bond acceptors (Lipinski definition) is 3. The van der Waals surface area contributed by atoms with Gasteiger partial charge in [0.15, 0.2) is 5.78 Å². The van der Waals surface area contributed by atoms with Crippen LogP contribution in [0.3, 0.4) is 0 Å². The van der Waals surface area contributed by atoms with Crippen molar-refractivity contribution in [2.45, 2.75) is 39.5 Å². The second-order valence-corrected chi connectivity index (χ2v) is 8.20. The first-order chi connectivity index (χ1) is 15.1. The minimum absolute atomic E-state index is 0.0164. The lowest BCUT2D eigenvalue weighted by Gasteiger charge is -2.11. The number of unbranched alkanes of at least 4 members (excludes halogenated alkanes) is 2. The van der Waals surface area contributed by atoms with Crippen LogP contribution in [0.15, 0.2) is 78.9 Å². The summed E-state index contributed by atoms with van der Waals surface area (Å²) in [5.41, 5.74) is 3.52. The molecule has 0 aromatic heterocycles. The maximum atomic E-state index is 12.7. The van der Waals surface area contributed by atoms with Crippen LogP contribution in [-0.4, -0.2) is 18.4 Å². The monoisotopic (exact) mass is 414 g/mol. The summed E-state index contributed by atoms with van der Waals surface area (Å²) in [6.07, 6.45) is 4.33.